The summed E-state index contributed by atoms with van der Waals surface area (Å²) < 4.78 is 59.7. The molecule has 1 spiro atoms. The summed E-state index contributed by atoms with van der Waals surface area (Å²) in [6.07, 6.45) is -4.53. The van der Waals surface area contributed by atoms with Crippen molar-refractivity contribution in [3.8, 4) is 0 Å². The average molecular weight is 574 g/mol. The highest BCUT2D eigenvalue weighted by Crippen LogP contribution is 2.46. The quantitative estimate of drug-likeness (QED) is 0.528. The Hall–Kier alpha value is -4.62. The van der Waals surface area contributed by atoms with E-state index in [0.29, 0.717) is 26.5 Å². The molecule has 14 heteroatoms. The molecule has 0 radical (unpaired) electrons. The van der Waals surface area contributed by atoms with Crippen molar-refractivity contribution >= 4 is 36.1 Å². The fourth-order valence-corrected chi connectivity index (χ4v) is 5.16. The number of imide groups is 2. The van der Waals surface area contributed by atoms with E-state index in [1.165, 1.54) is 30.5 Å². The molecule has 2 heterocycles. The number of fused-ring (bicyclic) bond motifs is 2. The van der Waals surface area contributed by atoms with Gasteiger partial charge in [-0.3, -0.25) is 19.7 Å². The van der Waals surface area contributed by atoms with Gasteiger partial charge in [-0.1, -0.05) is 30.3 Å². The number of aliphatic imine (C=N–C) groups is 1. The van der Waals surface area contributed by atoms with Crippen LogP contribution < -0.4 is 5.32 Å². The van der Waals surface area contributed by atoms with E-state index in [2.05, 4.69) is 10.3 Å². The SMILES string of the molecule is C[C@H](N(Cc1ccc(F)cc1)C(=O)CN1C(=O)O[C@@]2(CCc3cc(C4C=NC(=O)NC4=O)ccc32)C1=O)C(F)(F)F. The molecule has 1 fully saturated rings. The Bertz CT molecular complexity index is 1490. The number of carbonyl (C=O) groups excluding carboxylic acids is 5. The molecule has 1 N–H and O–H groups in total. The van der Waals surface area contributed by atoms with Crippen molar-refractivity contribution in [1.82, 2.24) is 15.1 Å². The highest BCUT2D eigenvalue weighted by atomic mass is 19.4. The number of ether oxygens (including phenoxy) is 1. The van der Waals surface area contributed by atoms with Crippen LogP contribution in [-0.2, 0) is 37.7 Å². The maximum atomic E-state index is 13.6. The summed E-state index contributed by atoms with van der Waals surface area (Å²) in [5.41, 5.74) is -0.175. The molecule has 1 aliphatic carbocycles. The molecular formula is C27H22F4N4O6. The summed E-state index contributed by atoms with van der Waals surface area (Å²) in [5, 5.41) is 2.10. The number of hydrogen-bond donors (Lipinski definition) is 1. The van der Waals surface area contributed by atoms with E-state index in [-0.39, 0.29) is 18.4 Å². The standard InChI is InChI=1S/C27H22F4N4O6/c1-14(27(29,30)31)34(12-15-2-5-18(28)6-3-15)21(36)13-35-23(38)26(41-25(35)40)9-8-17-10-16(4-7-20(17)26)19-11-32-24(39)33-22(19)37/h2-7,10-11,14,19H,8-9,12-13H2,1H3,(H,33,37,39)/t14-,19?,26+/m0/s1. The first-order valence-corrected chi connectivity index (χ1v) is 12.5. The van der Waals surface area contributed by atoms with E-state index in [1.807, 2.05) is 0 Å². The van der Waals surface area contributed by atoms with E-state index < -0.39 is 72.5 Å². The minimum atomic E-state index is -4.82. The number of nitrogens with zero attached hydrogens (tertiary/aromatic N) is 3. The molecule has 6 amide bonds. The monoisotopic (exact) mass is 574 g/mol. The third-order valence-electron chi connectivity index (χ3n) is 7.42. The third kappa shape index (κ3) is 5.05. The Labute approximate surface area is 229 Å². The molecule has 0 aromatic heterocycles. The predicted molar refractivity (Wildman–Crippen MR) is 132 cm³/mol. The van der Waals surface area contributed by atoms with Crippen molar-refractivity contribution in [2.45, 2.75) is 50.0 Å². The van der Waals surface area contributed by atoms with E-state index in [4.69, 9.17) is 4.74 Å². The summed E-state index contributed by atoms with van der Waals surface area (Å²) in [5.74, 6) is -4.10. The number of hydrogen-bond acceptors (Lipinski definition) is 6. The maximum absolute atomic E-state index is 13.6. The zero-order valence-electron chi connectivity index (χ0n) is 21.4. The molecular weight excluding hydrogens is 552 g/mol. The molecule has 1 unspecified atom stereocenters. The number of benzene rings is 2. The van der Waals surface area contributed by atoms with Crippen LogP contribution >= 0.6 is 0 Å². The molecule has 1 saturated heterocycles. The Balaban J connectivity index is 1.38. The smallest absolute Gasteiger partial charge is 0.418 e. The lowest BCUT2D eigenvalue weighted by Crippen LogP contribution is -2.51. The highest BCUT2D eigenvalue weighted by Gasteiger charge is 2.58. The van der Waals surface area contributed by atoms with Crippen molar-refractivity contribution in [3.05, 3.63) is 70.5 Å². The van der Waals surface area contributed by atoms with Gasteiger partial charge in [-0.15, -0.1) is 0 Å². The Kier molecular flexibility index (Phi) is 6.87. The number of urea groups is 1. The van der Waals surface area contributed by atoms with Crippen LogP contribution in [0.2, 0.25) is 0 Å². The van der Waals surface area contributed by atoms with Crippen LogP contribution in [0, 0.1) is 5.82 Å². The molecule has 3 atom stereocenters. The van der Waals surface area contributed by atoms with Crippen LogP contribution in [0.5, 0.6) is 0 Å². The molecule has 3 aliphatic rings. The van der Waals surface area contributed by atoms with Gasteiger partial charge in [-0.05, 0) is 42.2 Å². The van der Waals surface area contributed by atoms with Gasteiger partial charge >= 0.3 is 18.3 Å². The summed E-state index contributed by atoms with van der Waals surface area (Å²) in [7, 11) is 0. The minimum absolute atomic E-state index is 0.0166. The number of carbonyl (C=O) groups is 5. The van der Waals surface area contributed by atoms with Crippen molar-refractivity contribution in [2.24, 2.45) is 4.99 Å². The van der Waals surface area contributed by atoms with E-state index in [9.17, 15) is 41.5 Å². The normalized spacial score (nSPS) is 22.6. The van der Waals surface area contributed by atoms with Crippen LogP contribution in [0.15, 0.2) is 47.5 Å². The van der Waals surface area contributed by atoms with Crippen molar-refractivity contribution in [3.63, 3.8) is 0 Å². The van der Waals surface area contributed by atoms with E-state index in [1.54, 1.807) is 6.07 Å². The summed E-state index contributed by atoms with van der Waals surface area (Å²) >= 11 is 0. The Morgan fingerprint density at radius 1 is 1.17 bits per heavy atom. The molecule has 5 rings (SSSR count). The molecule has 0 bridgehead atoms. The molecule has 214 valence electrons. The van der Waals surface area contributed by atoms with Crippen LogP contribution in [0.1, 0.15) is 41.5 Å². The van der Waals surface area contributed by atoms with Gasteiger partial charge in [0.15, 0.2) is 0 Å². The number of amides is 6. The molecule has 2 aliphatic heterocycles. The third-order valence-corrected chi connectivity index (χ3v) is 7.42. The minimum Gasteiger partial charge on any atom is -0.427 e. The number of aryl methyl sites for hydroxylation is 1. The first-order valence-electron chi connectivity index (χ1n) is 12.5. The van der Waals surface area contributed by atoms with Gasteiger partial charge in [0.2, 0.25) is 17.4 Å². The molecule has 2 aromatic rings. The second-order valence-corrected chi connectivity index (χ2v) is 9.92. The zero-order valence-corrected chi connectivity index (χ0v) is 21.4. The average Bonchev–Trinajstić information content (AvgIpc) is 3.39. The predicted octanol–water partition coefficient (Wildman–Crippen LogP) is 3.33. The fraction of sp³-hybridized carbons (Fsp3) is 0.333. The van der Waals surface area contributed by atoms with Crippen LogP contribution in [0.4, 0.5) is 27.2 Å². The first kappa shape index (κ1) is 27.9. The van der Waals surface area contributed by atoms with E-state index >= 15 is 0 Å². The van der Waals surface area contributed by atoms with Gasteiger partial charge in [0.05, 0.1) is 5.92 Å². The Morgan fingerprint density at radius 2 is 1.88 bits per heavy atom. The number of nitrogens with one attached hydrogen (secondary N) is 1. The molecule has 10 nitrogen and oxygen atoms in total. The van der Waals surface area contributed by atoms with Gasteiger partial charge in [0.25, 0.3) is 5.91 Å². The van der Waals surface area contributed by atoms with Crippen molar-refractivity contribution in [2.75, 3.05) is 6.54 Å². The van der Waals surface area contributed by atoms with Gasteiger partial charge in [0, 0.05) is 24.7 Å². The molecule has 0 saturated carbocycles. The van der Waals surface area contributed by atoms with Crippen LogP contribution in [-0.4, -0.2) is 64.6 Å². The fourth-order valence-electron chi connectivity index (χ4n) is 5.16. The molecule has 2 aromatic carbocycles. The second-order valence-electron chi connectivity index (χ2n) is 9.92. The lowest BCUT2D eigenvalue weighted by Gasteiger charge is -2.31. The second kappa shape index (κ2) is 10.1. The lowest BCUT2D eigenvalue weighted by molar-refractivity contribution is -0.187. The maximum Gasteiger partial charge on any atom is 0.418 e. The number of halogens is 4. The highest BCUT2D eigenvalue weighted by molar-refractivity contribution is 6.12. The zero-order chi connectivity index (χ0) is 29.7. The molecule has 41 heavy (non-hydrogen) atoms. The van der Waals surface area contributed by atoms with Gasteiger partial charge in [0.1, 0.15) is 18.4 Å². The Morgan fingerprint density at radius 3 is 2.54 bits per heavy atom. The summed E-state index contributed by atoms with van der Waals surface area (Å²) in [6, 6.07) is 6.12. The lowest BCUT2D eigenvalue weighted by atomic mass is 9.91. The van der Waals surface area contributed by atoms with Gasteiger partial charge < -0.3 is 9.64 Å². The number of alkyl halides is 3. The number of rotatable bonds is 6. The summed E-state index contributed by atoms with van der Waals surface area (Å²) in [4.78, 5) is 67.5. The van der Waals surface area contributed by atoms with Gasteiger partial charge in [-0.25, -0.2) is 23.9 Å². The van der Waals surface area contributed by atoms with Crippen LogP contribution in [0.25, 0.3) is 0 Å². The first-order chi connectivity index (χ1) is 19.3. The van der Waals surface area contributed by atoms with Crippen molar-refractivity contribution < 1.29 is 46.3 Å². The topological polar surface area (TPSA) is 125 Å². The van der Waals surface area contributed by atoms with Crippen molar-refractivity contribution in [1.29, 1.82) is 0 Å². The largest absolute Gasteiger partial charge is 0.427 e. The van der Waals surface area contributed by atoms with Crippen LogP contribution in [0.3, 0.4) is 0 Å². The van der Waals surface area contributed by atoms with E-state index in [0.717, 1.165) is 19.1 Å². The van der Waals surface area contributed by atoms with Gasteiger partial charge in [-0.2, -0.15) is 13.2 Å². The summed E-state index contributed by atoms with van der Waals surface area (Å²) in [6.45, 7) is -0.774.